The number of benzene rings is 4. The molecule has 0 spiro atoms. The van der Waals surface area contributed by atoms with Gasteiger partial charge in [0.25, 0.3) is 5.91 Å². The first-order valence-corrected chi connectivity index (χ1v) is 8.91. The number of phenols is 1. The van der Waals surface area contributed by atoms with Crippen LogP contribution in [-0.4, -0.2) is 17.2 Å². The monoisotopic (exact) mass is 366 g/mol. The molecule has 136 valence electrons. The van der Waals surface area contributed by atoms with Crippen molar-refractivity contribution in [3.05, 3.63) is 102 Å². The van der Waals surface area contributed by atoms with Crippen LogP contribution < -0.4 is 5.43 Å². The molecule has 0 atom stereocenters. The molecular weight excluding hydrogens is 348 g/mol. The zero-order chi connectivity index (χ0) is 19.3. The number of para-hydroxylation sites is 1. The summed E-state index contributed by atoms with van der Waals surface area (Å²) in [4.78, 5) is 12.3. The lowest BCUT2D eigenvalue weighted by molar-refractivity contribution is 0.0955. The van der Waals surface area contributed by atoms with Gasteiger partial charge in [-0.3, -0.25) is 4.79 Å². The van der Waals surface area contributed by atoms with E-state index < -0.39 is 0 Å². The van der Waals surface area contributed by atoms with Gasteiger partial charge in [-0.1, -0.05) is 72.8 Å². The zero-order valence-corrected chi connectivity index (χ0v) is 15.0. The molecule has 0 fully saturated rings. The Kier molecular flexibility index (Phi) is 4.85. The summed E-state index contributed by atoms with van der Waals surface area (Å²) in [7, 11) is 0. The molecule has 28 heavy (non-hydrogen) atoms. The largest absolute Gasteiger partial charge is 0.507 e. The minimum atomic E-state index is -0.257. The maximum absolute atomic E-state index is 12.3. The Balaban J connectivity index is 1.44. The minimum Gasteiger partial charge on any atom is -0.507 e. The Bertz CT molecular complexity index is 1160. The van der Waals surface area contributed by atoms with Crippen LogP contribution in [0.15, 0.2) is 96.1 Å². The third kappa shape index (κ3) is 3.76. The molecule has 0 heterocycles. The summed E-state index contributed by atoms with van der Waals surface area (Å²) >= 11 is 0. The SMILES string of the molecule is O=C(N/N=C/c1ccc(-c2ccccc2O)cc1)c1ccc2ccccc2c1. The number of hydrazone groups is 1. The van der Waals surface area contributed by atoms with E-state index in [1.54, 1.807) is 24.4 Å². The van der Waals surface area contributed by atoms with E-state index >= 15 is 0 Å². The van der Waals surface area contributed by atoms with Crippen molar-refractivity contribution in [3.63, 3.8) is 0 Å². The van der Waals surface area contributed by atoms with Gasteiger partial charge in [-0.2, -0.15) is 5.10 Å². The highest BCUT2D eigenvalue weighted by molar-refractivity contribution is 5.99. The molecule has 4 rings (SSSR count). The van der Waals surface area contributed by atoms with Gasteiger partial charge in [-0.15, -0.1) is 0 Å². The van der Waals surface area contributed by atoms with Gasteiger partial charge in [0.2, 0.25) is 0 Å². The number of amides is 1. The van der Waals surface area contributed by atoms with E-state index in [1.807, 2.05) is 72.8 Å². The third-order valence-electron chi connectivity index (χ3n) is 4.52. The highest BCUT2D eigenvalue weighted by atomic mass is 16.3. The van der Waals surface area contributed by atoms with Crippen molar-refractivity contribution in [2.24, 2.45) is 5.10 Å². The maximum atomic E-state index is 12.3. The van der Waals surface area contributed by atoms with E-state index in [-0.39, 0.29) is 11.7 Å². The number of phenolic OH excluding ortho intramolecular Hbond substituents is 1. The van der Waals surface area contributed by atoms with Crippen LogP contribution in [0.25, 0.3) is 21.9 Å². The number of nitrogens with zero attached hydrogens (tertiary/aromatic N) is 1. The average molecular weight is 366 g/mol. The van der Waals surface area contributed by atoms with Crippen LogP contribution in [0.2, 0.25) is 0 Å². The van der Waals surface area contributed by atoms with Crippen molar-refractivity contribution in [3.8, 4) is 16.9 Å². The van der Waals surface area contributed by atoms with Crippen molar-refractivity contribution >= 4 is 22.9 Å². The third-order valence-corrected chi connectivity index (χ3v) is 4.52. The molecule has 2 N–H and O–H groups in total. The minimum absolute atomic E-state index is 0.242. The summed E-state index contributed by atoms with van der Waals surface area (Å²) in [5, 5.41) is 16.1. The topological polar surface area (TPSA) is 61.7 Å². The fourth-order valence-electron chi connectivity index (χ4n) is 3.03. The molecule has 0 saturated heterocycles. The van der Waals surface area contributed by atoms with E-state index in [0.717, 1.165) is 27.5 Å². The molecule has 0 unspecified atom stereocenters. The predicted molar refractivity (Wildman–Crippen MR) is 113 cm³/mol. The quantitative estimate of drug-likeness (QED) is 0.395. The highest BCUT2D eigenvalue weighted by Gasteiger charge is 2.05. The molecule has 4 aromatic rings. The van der Waals surface area contributed by atoms with E-state index in [9.17, 15) is 9.90 Å². The Morgan fingerprint density at radius 3 is 2.32 bits per heavy atom. The summed E-state index contributed by atoms with van der Waals surface area (Å²) in [5.74, 6) is -0.0144. The van der Waals surface area contributed by atoms with Crippen LogP contribution in [0.1, 0.15) is 15.9 Å². The van der Waals surface area contributed by atoms with Gasteiger partial charge >= 0.3 is 0 Å². The lowest BCUT2D eigenvalue weighted by Gasteiger charge is -2.05. The fourth-order valence-corrected chi connectivity index (χ4v) is 3.03. The van der Waals surface area contributed by atoms with Crippen LogP contribution in [0.4, 0.5) is 0 Å². The zero-order valence-electron chi connectivity index (χ0n) is 15.0. The lowest BCUT2D eigenvalue weighted by Crippen LogP contribution is -2.17. The van der Waals surface area contributed by atoms with Crippen molar-refractivity contribution in [1.82, 2.24) is 5.43 Å². The van der Waals surface area contributed by atoms with Gasteiger partial charge in [-0.25, -0.2) is 5.43 Å². The van der Waals surface area contributed by atoms with Gasteiger partial charge in [0.1, 0.15) is 5.75 Å². The van der Waals surface area contributed by atoms with Gasteiger partial charge in [0.15, 0.2) is 0 Å². The number of hydrogen-bond acceptors (Lipinski definition) is 3. The summed E-state index contributed by atoms with van der Waals surface area (Å²) in [6.07, 6.45) is 1.59. The van der Waals surface area contributed by atoms with Gasteiger partial charge in [0, 0.05) is 11.1 Å². The first kappa shape index (κ1) is 17.5. The molecular formula is C24H18N2O2. The standard InChI is InChI=1S/C24H18N2O2/c27-23-8-4-3-7-22(23)19-11-9-17(10-12-19)16-25-26-24(28)21-14-13-18-5-1-2-6-20(18)15-21/h1-16,27H,(H,26,28)/b25-16+. The maximum Gasteiger partial charge on any atom is 0.271 e. The number of fused-ring (bicyclic) bond motifs is 1. The molecule has 4 aromatic carbocycles. The van der Waals surface area contributed by atoms with Crippen molar-refractivity contribution in [2.45, 2.75) is 0 Å². The Morgan fingerprint density at radius 2 is 1.54 bits per heavy atom. The normalized spacial score (nSPS) is 11.0. The van der Waals surface area contributed by atoms with E-state index in [0.29, 0.717) is 5.56 Å². The Morgan fingerprint density at radius 1 is 0.821 bits per heavy atom. The number of carbonyl (C=O) groups excluding carboxylic acids is 1. The molecule has 0 aliphatic heterocycles. The first-order chi connectivity index (χ1) is 13.7. The average Bonchev–Trinajstić information content (AvgIpc) is 2.74. The summed E-state index contributed by atoms with van der Waals surface area (Å²) < 4.78 is 0. The molecule has 0 aliphatic carbocycles. The smallest absolute Gasteiger partial charge is 0.271 e. The highest BCUT2D eigenvalue weighted by Crippen LogP contribution is 2.28. The van der Waals surface area contributed by atoms with Crippen LogP contribution in [0, 0.1) is 0 Å². The predicted octanol–water partition coefficient (Wildman–Crippen LogP) is 4.98. The summed E-state index contributed by atoms with van der Waals surface area (Å²) in [6.45, 7) is 0. The van der Waals surface area contributed by atoms with Crippen molar-refractivity contribution in [2.75, 3.05) is 0 Å². The number of aromatic hydroxyl groups is 1. The van der Waals surface area contributed by atoms with E-state index in [4.69, 9.17) is 0 Å². The molecule has 0 bridgehead atoms. The second kappa shape index (κ2) is 7.76. The van der Waals surface area contributed by atoms with Crippen LogP contribution in [-0.2, 0) is 0 Å². The molecule has 1 amide bonds. The molecule has 4 heteroatoms. The second-order valence-electron chi connectivity index (χ2n) is 6.40. The molecule has 0 saturated carbocycles. The molecule has 4 nitrogen and oxygen atoms in total. The second-order valence-corrected chi connectivity index (χ2v) is 6.40. The lowest BCUT2D eigenvalue weighted by atomic mass is 10.0. The van der Waals surface area contributed by atoms with Crippen molar-refractivity contribution < 1.29 is 9.90 Å². The Hall–Kier alpha value is -3.92. The number of hydrogen-bond donors (Lipinski definition) is 2. The van der Waals surface area contributed by atoms with E-state index in [2.05, 4.69) is 10.5 Å². The molecule has 0 aromatic heterocycles. The number of rotatable bonds is 4. The van der Waals surface area contributed by atoms with Gasteiger partial charge < -0.3 is 5.11 Å². The summed E-state index contributed by atoms with van der Waals surface area (Å²) in [6, 6.07) is 28.2. The Labute approximate surface area is 162 Å². The fraction of sp³-hybridized carbons (Fsp3) is 0. The van der Waals surface area contributed by atoms with Crippen LogP contribution >= 0.6 is 0 Å². The first-order valence-electron chi connectivity index (χ1n) is 8.91. The summed E-state index contributed by atoms with van der Waals surface area (Å²) in [5.41, 5.74) is 5.65. The van der Waals surface area contributed by atoms with Crippen LogP contribution in [0.3, 0.4) is 0 Å². The molecule has 0 radical (unpaired) electrons. The van der Waals surface area contributed by atoms with Crippen LogP contribution in [0.5, 0.6) is 5.75 Å². The molecule has 0 aliphatic rings. The van der Waals surface area contributed by atoms with E-state index in [1.165, 1.54) is 0 Å². The number of nitrogens with one attached hydrogen (secondary N) is 1. The van der Waals surface area contributed by atoms with Gasteiger partial charge in [-0.05, 0) is 40.1 Å². The number of carbonyl (C=O) groups is 1. The van der Waals surface area contributed by atoms with Crippen molar-refractivity contribution in [1.29, 1.82) is 0 Å². The van der Waals surface area contributed by atoms with Gasteiger partial charge in [0.05, 0.1) is 6.21 Å².